The van der Waals surface area contributed by atoms with Gasteiger partial charge in [-0.2, -0.15) is 39.5 Å². The number of dihydropyridines is 3. The van der Waals surface area contributed by atoms with E-state index in [1.165, 1.54) is 48.8 Å². The van der Waals surface area contributed by atoms with E-state index in [9.17, 15) is 53.9 Å². The molecule has 6 N–H and O–H groups in total. The van der Waals surface area contributed by atoms with Crippen LogP contribution in [0.25, 0.3) is 33.4 Å². The first-order valence-electron chi connectivity index (χ1n) is 42.5. The third-order valence-electron chi connectivity index (χ3n) is 24.3. The molecular formula is C92H107F12N19O6. The number of piperazine rings is 3. The second-order valence-electron chi connectivity index (χ2n) is 34.1. The van der Waals surface area contributed by atoms with E-state index in [0.717, 1.165) is 48.5 Å². The van der Waals surface area contributed by atoms with Gasteiger partial charge in [-0.15, -0.1) is 0 Å². The Morgan fingerprint density at radius 1 is 0.395 bits per heavy atom. The van der Waals surface area contributed by atoms with Crippen LogP contribution in [0.4, 0.5) is 104 Å². The van der Waals surface area contributed by atoms with Crippen molar-refractivity contribution in [3.8, 4) is 33.4 Å². The number of rotatable bonds is 15. The highest BCUT2D eigenvalue weighted by Crippen LogP contribution is 2.44. The predicted molar refractivity (Wildman–Crippen MR) is 476 cm³/mol. The summed E-state index contributed by atoms with van der Waals surface area (Å²) >= 11 is 0. The lowest BCUT2D eigenvalue weighted by Gasteiger charge is -2.44. The van der Waals surface area contributed by atoms with Crippen molar-refractivity contribution in [1.29, 1.82) is 0 Å². The summed E-state index contributed by atoms with van der Waals surface area (Å²) < 4.78 is 189. The minimum absolute atomic E-state index is 0.00373. The van der Waals surface area contributed by atoms with Gasteiger partial charge in [0.15, 0.2) is 0 Å². The van der Waals surface area contributed by atoms with Gasteiger partial charge in [-0.05, 0) is 162 Å². The number of likely N-dealkylation sites (N-methyl/N-ethyl adjacent to an activating group) is 3. The van der Waals surface area contributed by atoms with Crippen molar-refractivity contribution in [1.82, 2.24) is 50.6 Å². The van der Waals surface area contributed by atoms with Crippen LogP contribution in [0.5, 0.6) is 0 Å². The standard InChI is InChI=1S/2C31H36F4N6O2.C30H35F4N7O2/c1-18-10-25(31(33,34)35)24(14-36-18)30(42)38-27-11-23(22-6-7-29(37-13-22)40-8-9-43-21(4)17-40)26(32)12-28(27)41-15-19(2)39(5)20(3)16-41;1-18-10-25(31(33,34)35)24(14-36-18)30(42)38-27-11-23(26(32)12-28(27)40-9-8-39(5)19(2)15-40)22-6-7-29(37-13-22)41-16-20(3)43-21(4)17-41;1-17-8-24(30(32,33)34)23(13-35-17)28(42)38-26-9-22(21-11-36-29(37-12-21)40-6-7-43-20(4)16-40)25(31)10-27(26)41-14-18(2)39(5)19(3)15-41/h2*6-7,10-14,19-21,36H,1,8-9,15-17H2,2-5H3,(H,38,42);8-13,18-20,35H,1,6-7,14-16H2,2-5H3,(H,38,42)/t19-,20+,21-;19-,20-,21+;18-,19+,20-/m000/s1. The summed E-state index contributed by atoms with van der Waals surface area (Å²) in [6, 6.07) is 16.0. The minimum Gasteiger partial charge on any atom is -0.375 e. The minimum atomic E-state index is -4.79. The maximum atomic E-state index is 15.8. The average molecular weight is 1800 g/mol. The molecule has 0 radical (unpaired) electrons. The Morgan fingerprint density at radius 3 is 1.09 bits per heavy atom. The van der Waals surface area contributed by atoms with E-state index in [4.69, 9.17) is 14.2 Å². The Bertz CT molecular complexity index is 5160. The van der Waals surface area contributed by atoms with E-state index in [2.05, 4.69) is 96.1 Å². The molecule has 3 aromatic heterocycles. The zero-order valence-corrected chi connectivity index (χ0v) is 73.8. The molecule has 0 aliphatic carbocycles. The Morgan fingerprint density at radius 2 is 0.729 bits per heavy atom. The Hall–Kier alpha value is -11.8. The number of alkyl halides is 9. The number of hydrogen-bond donors (Lipinski definition) is 6. The van der Waals surface area contributed by atoms with E-state index in [1.54, 1.807) is 36.7 Å². The van der Waals surface area contributed by atoms with Gasteiger partial charge in [0.1, 0.15) is 29.1 Å². The van der Waals surface area contributed by atoms with Gasteiger partial charge < -0.3 is 80.4 Å². The van der Waals surface area contributed by atoms with Crippen molar-refractivity contribution in [3.05, 3.63) is 210 Å². The summed E-state index contributed by atoms with van der Waals surface area (Å²) in [6.07, 6.45) is -2.76. The predicted octanol–water partition coefficient (Wildman–Crippen LogP) is 14.6. The summed E-state index contributed by atoms with van der Waals surface area (Å²) in [5.41, 5.74) is -1.68. The summed E-state index contributed by atoms with van der Waals surface area (Å²) in [5.74, 6) is -2.65. The first kappa shape index (κ1) is 94.8. The van der Waals surface area contributed by atoms with E-state index in [1.807, 2.05) is 103 Å². The number of halogens is 12. The molecule has 37 heteroatoms. The van der Waals surface area contributed by atoms with Crippen LogP contribution in [-0.4, -0.2) is 245 Å². The molecule has 9 atom stereocenters. The van der Waals surface area contributed by atoms with Crippen molar-refractivity contribution in [2.75, 3.05) is 165 Å². The van der Waals surface area contributed by atoms with Crippen molar-refractivity contribution in [2.24, 2.45) is 0 Å². The number of benzene rings is 3. The Kier molecular flexibility index (Phi) is 28.9. The molecule has 9 aliphatic rings. The number of hydrogen-bond acceptors (Lipinski definition) is 22. The van der Waals surface area contributed by atoms with Gasteiger partial charge in [0.05, 0.1) is 105 Å². The van der Waals surface area contributed by atoms with E-state index in [0.29, 0.717) is 138 Å². The molecule has 6 aromatic rings. The van der Waals surface area contributed by atoms with Crippen molar-refractivity contribution in [2.45, 2.75) is 135 Å². The lowest BCUT2D eigenvalue weighted by atomic mass is 10.0. The van der Waals surface area contributed by atoms with Gasteiger partial charge in [0.25, 0.3) is 17.7 Å². The number of carbonyl (C=O) groups is 3. The number of nitrogens with one attached hydrogen (secondary N) is 6. The van der Waals surface area contributed by atoms with Gasteiger partial charge in [-0.25, -0.2) is 33.1 Å². The lowest BCUT2D eigenvalue weighted by molar-refractivity contribution is -0.115. The lowest BCUT2D eigenvalue weighted by Crippen LogP contribution is -2.55. The molecule has 0 bridgehead atoms. The highest BCUT2D eigenvalue weighted by Gasteiger charge is 2.44. The van der Waals surface area contributed by atoms with Gasteiger partial charge in [-0.1, -0.05) is 19.7 Å². The highest BCUT2D eigenvalue weighted by atomic mass is 19.4. The third kappa shape index (κ3) is 22.4. The maximum absolute atomic E-state index is 15.8. The van der Waals surface area contributed by atoms with Crippen LogP contribution in [-0.2, 0) is 28.6 Å². The van der Waals surface area contributed by atoms with Crippen molar-refractivity contribution < 1.29 is 81.3 Å². The molecule has 3 amide bonds. The summed E-state index contributed by atoms with van der Waals surface area (Å²) in [5, 5.41) is 15.7. The number of anilines is 9. The molecule has 0 saturated carbocycles. The molecule has 25 nitrogen and oxygen atoms in total. The smallest absolute Gasteiger partial charge is 0.375 e. The number of ether oxygens (including phenoxy) is 3. The number of morpholine rings is 3. The zero-order chi connectivity index (χ0) is 93.2. The van der Waals surface area contributed by atoms with Crippen molar-refractivity contribution >= 4 is 69.4 Å². The molecule has 9 aliphatic heterocycles. The third-order valence-corrected chi connectivity index (χ3v) is 24.3. The van der Waals surface area contributed by atoms with E-state index in [-0.39, 0.29) is 105 Å². The fraction of sp³-hybridized carbons (Fsp3) is 0.424. The largest absolute Gasteiger partial charge is 0.417 e. The van der Waals surface area contributed by atoms with Crippen molar-refractivity contribution in [3.63, 3.8) is 0 Å². The summed E-state index contributed by atoms with van der Waals surface area (Å²) in [6.45, 7) is 37.6. The van der Waals surface area contributed by atoms with Crippen LogP contribution in [0.3, 0.4) is 0 Å². The number of aromatic nitrogens is 4. The number of carbonyl (C=O) groups excluding carboxylic acids is 3. The Balaban J connectivity index is 0.000000165. The van der Waals surface area contributed by atoms with Crippen LogP contribution >= 0.6 is 0 Å². The van der Waals surface area contributed by atoms with Crippen LogP contribution in [0.15, 0.2) is 193 Å². The van der Waals surface area contributed by atoms with Gasteiger partial charge in [-0.3, -0.25) is 24.2 Å². The molecule has 3 aromatic carbocycles. The first-order valence-corrected chi connectivity index (χ1v) is 42.5. The molecule has 15 rings (SSSR count). The fourth-order valence-electron chi connectivity index (χ4n) is 16.8. The molecule has 129 heavy (non-hydrogen) atoms. The van der Waals surface area contributed by atoms with Gasteiger partial charge in [0.2, 0.25) is 5.95 Å². The first-order chi connectivity index (χ1) is 60.9. The molecule has 0 unspecified atom stereocenters. The topological polar surface area (TPSA) is 232 Å². The second kappa shape index (κ2) is 39.3. The molecule has 6 fully saturated rings. The fourth-order valence-corrected chi connectivity index (χ4v) is 16.8. The molecule has 0 spiro atoms. The molecule has 690 valence electrons. The monoisotopic (exact) mass is 1800 g/mol. The molecule has 6 saturated heterocycles. The SMILES string of the molecule is C=C1C=C(C(F)(F)F)C(C(=O)Nc2cc(-c3ccc(N4CCO[C@@H](C)C4)nc3)c(F)cc2N2C[C@@H](C)N(C)[C@@H](C)C2)=CN1.C=C1C=C(C(F)(F)F)C(C(=O)Nc2cc(-c3ccc(N4C[C@@H](C)O[C@@H](C)C4)nc3)c(F)cc2N2CCN(C)[C@@H](C)C2)=CN1.C=C1C=C(C(F)(F)F)C(C(=O)Nc2cc(-c3cnc(N4CCO[C@@H](C)C4)nc3)c(F)cc2N2C[C@@H](C)N(C)[C@@H](C)C2)=CN1. The van der Waals surface area contributed by atoms with Crippen LogP contribution in [0.2, 0.25) is 0 Å². The highest BCUT2D eigenvalue weighted by molar-refractivity contribution is 6.11. The molecular weight excluding hydrogens is 1700 g/mol. The van der Waals surface area contributed by atoms with Gasteiger partial charge in [0, 0.05) is 209 Å². The number of pyridine rings is 2. The van der Waals surface area contributed by atoms with Gasteiger partial charge >= 0.3 is 18.5 Å². The number of nitrogens with zero attached hydrogens (tertiary/aromatic N) is 13. The Labute approximate surface area is 741 Å². The zero-order valence-electron chi connectivity index (χ0n) is 73.8. The van der Waals surface area contributed by atoms with E-state index < -0.39 is 87.1 Å². The van der Waals surface area contributed by atoms with E-state index >= 15 is 13.2 Å². The summed E-state index contributed by atoms with van der Waals surface area (Å²) in [7, 11) is 6.00. The van der Waals surface area contributed by atoms with Crippen LogP contribution < -0.4 is 61.3 Å². The maximum Gasteiger partial charge on any atom is 0.417 e. The number of amides is 3. The normalized spacial score (nSPS) is 23.4. The number of allylic oxidation sites excluding steroid dienone is 3. The van der Waals surface area contributed by atoms with Crippen LogP contribution in [0.1, 0.15) is 62.3 Å². The van der Waals surface area contributed by atoms with Crippen LogP contribution in [0, 0.1) is 17.5 Å². The summed E-state index contributed by atoms with van der Waals surface area (Å²) in [4.78, 5) is 76.6. The second-order valence-corrected chi connectivity index (χ2v) is 34.1. The quantitative estimate of drug-likeness (QED) is 0.0525. The average Bonchev–Trinajstić information content (AvgIpc) is 0.780. The molecule has 12 heterocycles.